The van der Waals surface area contributed by atoms with Gasteiger partial charge >= 0.3 is 0 Å². The van der Waals surface area contributed by atoms with Crippen molar-refractivity contribution in [2.75, 3.05) is 0 Å². The lowest BCUT2D eigenvalue weighted by molar-refractivity contribution is 0.576. The highest BCUT2D eigenvalue weighted by Gasteiger charge is 2.94. The predicted molar refractivity (Wildman–Crippen MR) is 45.2 cm³/mol. The molecule has 12 heavy (non-hydrogen) atoms. The second kappa shape index (κ2) is 1.65. The molecule has 0 N–H and O–H groups in total. The lowest BCUT2D eigenvalue weighted by Crippen LogP contribution is -2.19. The highest BCUT2D eigenvalue weighted by Crippen LogP contribution is 3.40. The summed E-state index contributed by atoms with van der Waals surface area (Å²) in [6.45, 7) is -19.8. The first-order valence-corrected chi connectivity index (χ1v) is 9.83. The molecule has 0 atom stereocenters. The highest BCUT2D eigenvalue weighted by atomic mass is 36.1. The van der Waals surface area contributed by atoms with Gasteiger partial charge < -0.3 is 0 Å². The molecule has 0 aromatic rings. The second-order valence-corrected chi connectivity index (χ2v) is 20.7. The van der Waals surface area contributed by atoms with E-state index in [0.29, 0.717) is 0 Å². The van der Waals surface area contributed by atoms with Gasteiger partial charge in [0.15, 0.2) is 0 Å². The Kier molecular flexibility index (Phi) is 1.84. The van der Waals surface area contributed by atoms with Gasteiger partial charge in [-0.1, -0.05) is 0 Å². The zero-order valence-electron chi connectivity index (χ0n) is 4.60. The zero-order chi connectivity index (χ0) is 10.8. The van der Waals surface area contributed by atoms with E-state index in [1.54, 1.807) is 0 Å². The van der Waals surface area contributed by atoms with Crippen LogP contribution in [-0.4, -0.2) is 0 Å². The first-order valence-electron chi connectivity index (χ1n) is 1.71. The van der Waals surface area contributed by atoms with E-state index in [4.69, 9.17) is 0 Å². The molecular formula is Cl4F6S2. The standard InChI is InChI=1S/Cl4F6S2/c1-11(2,5,6,7)12(3,4,8,9)10. The molecular weight excluding hydrogens is 320 g/mol. The van der Waals surface area contributed by atoms with Crippen LogP contribution in [0.4, 0.5) is 23.3 Å². The molecule has 82 valence electrons. The Hall–Kier alpha value is 1.44. The molecule has 0 spiro atoms. The Labute approximate surface area is 79.8 Å². The first kappa shape index (κ1) is 13.4. The summed E-state index contributed by atoms with van der Waals surface area (Å²) in [4.78, 5) is 0. The predicted octanol–water partition coefficient (Wildman–Crippen LogP) is 6.58. The summed E-state index contributed by atoms with van der Waals surface area (Å²) in [5.41, 5.74) is 0. The Morgan fingerprint density at radius 3 is 0.583 bits per heavy atom. The van der Waals surface area contributed by atoms with Crippen LogP contribution in [-0.2, 0) is 0 Å². The normalized spacial score (nSPS) is 26.5. The topological polar surface area (TPSA) is 0 Å². The van der Waals surface area contributed by atoms with Crippen LogP contribution >= 0.6 is 56.6 Å². The van der Waals surface area contributed by atoms with E-state index in [2.05, 4.69) is 42.7 Å². The molecule has 0 saturated carbocycles. The van der Waals surface area contributed by atoms with E-state index >= 15 is 0 Å². The fourth-order valence-electron chi connectivity index (χ4n) is 0. The molecule has 0 amide bonds. The van der Waals surface area contributed by atoms with Crippen molar-refractivity contribution in [1.29, 1.82) is 0 Å². The fraction of sp³-hybridized carbons (Fsp3) is 0. The van der Waals surface area contributed by atoms with Crippen molar-refractivity contribution in [1.82, 2.24) is 0 Å². The lowest BCUT2D eigenvalue weighted by atomic mass is 18.8. The van der Waals surface area contributed by atoms with Crippen LogP contribution in [0.25, 0.3) is 0 Å². The average Bonchev–Trinajstić information content (AvgIpc) is 1.04. The smallest absolute Gasteiger partial charge is 0.110 e. The monoisotopic (exact) mass is 318 g/mol. The molecule has 0 unspecified atom stereocenters. The molecule has 0 aliphatic rings. The molecule has 0 aliphatic heterocycles. The van der Waals surface area contributed by atoms with E-state index in [-0.39, 0.29) is 0 Å². The van der Waals surface area contributed by atoms with Crippen molar-refractivity contribution in [3.63, 3.8) is 0 Å². The Bertz CT molecular complexity index is 192. The average molecular weight is 320 g/mol. The minimum absolute atomic E-state index is 3.35. The summed E-state index contributed by atoms with van der Waals surface area (Å²) in [6, 6.07) is 0. The van der Waals surface area contributed by atoms with Crippen molar-refractivity contribution < 1.29 is 23.3 Å². The van der Waals surface area contributed by atoms with Gasteiger partial charge in [0.2, 0.25) is 0 Å². The van der Waals surface area contributed by atoms with E-state index < -0.39 is 13.8 Å². The van der Waals surface area contributed by atoms with Gasteiger partial charge in [-0.3, -0.25) is 0 Å². The van der Waals surface area contributed by atoms with Crippen molar-refractivity contribution in [3.05, 3.63) is 0 Å². The number of hydrogen-bond donors (Lipinski definition) is 0. The molecule has 0 heterocycles. The molecule has 0 aromatic heterocycles. The zero-order valence-corrected chi connectivity index (χ0v) is 9.25. The molecule has 0 fully saturated rings. The van der Waals surface area contributed by atoms with Crippen LogP contribution in [0.3, 0.4) is 0 Å². The van der Waals surface area contributed by atoms with Crippen LogP contribution in [0, 0.1) is 0 Å². The Morgan fingerprint density at radius 2 is 0.583 bits per heavy atom. The Balaban J connectivity index is 6.08. The summed E-state index contributed by atoms with van der Waals surface area (Å²) < 4.78 is 72.1. The number of rotatable bonds is 1. The van der Waals surface area contributed by atoms with Crippen molar-refractivity contribution >= 4 is 56.6 Å². The van der Waals surface area contributed by atoms with E-state index in [1.807, 2.05) is 0 Å². The third-order valence-corrected chi connectivity index (χ3v) is 17.4. The summed E-state index contributed by atoms with van der Waals surface area (Å²) in [5, 5.41) is 0. The summed E-state index contributed by atoms with van der Waals surface area (Å²) in [5.74, 6) is 0. The van der Waals surface area contributed by atoms with Gasteiger partial charge in [0.1, 0.15) is 0 Å². The summed E-state index contributed by atoms with van der Waals surface area (Å²) >= 11 is 0. The molecule has 12 heteroatoms. The van der Waals surface area contributed by atoms with E-state index in [0.717, 1.165) is 0 Å². The molecule has 0 nitrogen and oxygen atoms in total. The number of halogens is 10. The molecule has 0 rings (SSSR count). The van der Waals surface area contributed by atoms with E-state index in [1.165, 1.54) is 0 Å². The van der Waals surface area contributed by atoms with Gasteiger partial charge in [0.05, 0.1) is 0 Å². The Morgan fingerprint density at radius 1 is 0.500 bits per heavy atom. The van der Waals surface area contributed by atoms with Crippen LogP contribution < -0.4 is 0 Å². The molecule has 0 bridgehead atoms. The van der Waals surface area contributed by atoms with Crippen molar-refractivity contribution in [3.8, 4) is 0 Å². The molecule has 0 saturated heterocycles. The second-order valence-electron chi connectivity index (χ2n) is 1.80. The third-order valence-electron chi connectivity index (χ3n) is 0.595. The lowest BCUT2D eigenvalue weighted by Gasteiger charge is -2.65. The van der Waals surface area contributed by atoms with Gasteiger partial charge in [-0.05, 0) is 0 Å². The maximum absolute atomic E-state index is 12.0. The largest absolute Gasteiger partial charge is 0.268 e. The van der Waals surface area contributed by atoms with Gasteiger partial charge in [-0.25, -0.2) is 0 Å². The highest BCUT2D eigenvalue weighted by molar-refractivity contribution is 9.50. The first-order chi connectivity index (χ1) is 4.25. The van der Waals surface area contributed by atoms with Crippen LogP contribution in [0.5, 0.6) is 0 Å². The van der Waals surface area contributed by atoms with Crippen LogP contribution in [0.15, 0.2) is 0 Å². The quantitative estimate of drug-likeness (QED) is 0.378. The van der Waals surface area contributed by atoms with Gasteiger partial charge in [-0.15, -0.1) is 23.3 Å². The third kappa shape index (κ3) is 1.78. The van der Waals surface area contributed by atoms with Crippen molar-refractivity contribution in [2.45, 2.75) is 0 Å². The fourth-order valence-corrected chi connectivity index (χ4v) is 0. The minimum atomic E-state index is -9.92. The maximum Gasteiger partial charge on any atom is 0.268 e. The minimum Gasteiger partial charge on any atom is -0.110 e. The van der Waals surface area contributed by atoms with Gasteiger partial charge in [0, 0.05) is 42.7 Å². The van der Waals surface area contributed by atoms with Gasteiger partial charge in [0.25, 0.3) is 13.8 Å². The van der Waals surface area contributed by atoms with Crippen LogP contribution in [0.2, 0.25) is 0 Å². The molecule has 0 aromatic carbocycles. The summed E-state index contributed by atoms with van der Waals surface area (Å²) in [7, 11) is 13.4. The SMILES string of the molecule is FS(F)(F)(Cl)(Cl)S(F)(F)(F)(Cl)Cl. The molecule has 0 radical (unpaired) electrons. The maximum atomic E-state index is 12.0. The van der Waals surface area contributed by atoms with Gasteiger partial charge in [-0.2, -0.15) is 0 Å². The van der Waals surface area contributed by atoms with Crippen LogP contribution in [0.1, 0.15) is 0 Å². The van der Waals surface area contributed by atoms with E-state index in [9.17, 15) is 23.3 Å². The molecule has 0 aliphatic carbocycles. The summed E-state index contributed by atoms with van der Waals surface area (Å²) in [6.07, 6.45) is 0. The van der Waals surface area contributed by atoms with Crippen molar-refractivity contribution in [2.24, 2.45) is 0 Å². The number of hydrogen-bond acceptors (Lipinski definition) is 0.